The lowest BCUT2D eigenvalue weighted by Crippen LogP contribution is -2.32. The number of rotatable bonds is 8. The molecule has 0 aliphatic heterocycles. The molecule has 1 aliphatic rings. The van der Waals surface area contributed by atoms with Gasteiger partial charge in [0.2, 0.25) is 17.6 Å². The summed E-state index contributed by atoms with van der Waals surface area (Å²) in [6.07, 6.45) is 6.09. The van der Waals surface area contributed by atoms with E-state index in [1.165, 1.54) is 0 Å². The molecule has 1 fully saturated rings. The molecular weight excluding hydrogens is 382 g/mol. The molecule has 1 aromatic carbocycles. The highest BCUT2D eigenvalue weighted by Crippen LogP contribution is 2.29. The molecule has 8 heteroatoms. The zero-order valence-electron chi connectivity index (χ0n) is 16.7. The van der Waals surface area contributed by atoms with E-state index < -0.39 is 0 Å². The number of benzene rings is 1. The van der Waals surface area contributed by atoms with Gasteiger partial charge in [-0.2, -0.15) is 4.98 Å². The SMILES string of the molecule is CNC(=O)c1ccc(CN(C(=O)CCc2nc(-c3ccncc3)no2)C2CC2)cc1. The fraction of sp³-hybridized carbons (Fsp3) is 0.318. The fourth-order valence-electron chi connectivity index (χ4n) is 3.24. The Bertz CT molecular complexity index is 1010. The Hall–Kier alpha value is -3.55. The molecular formula is C22H23N5O3. The average molecular weight is 405 g/mol. The van der Waals surface area contributed by atoms with Crippen molar-refractivity contribution in [2.45, 2.75) is 38.3 Å². The van der Waals surface area contributed by atoms with Gasteiger partial charge in [-0.3, -0.25) is 14.6 Å². The fourth-order valence-corrected chi connectivity index (χ4v) is 3.24. The van der Waals surface area contributed by atoms with Crippen LogP contribution in [0.2, 0.25) is 0 Å². The third kappa shape index (κ3) is 4.71. The van der Waals surface area contributed by atoms with Gasteiger partial charge in [0, 0.05) is 56.0 Å². The van der Waals surface area contributed by atoms with Crippen LogP contribution in [-0.2, 0) is 17.8 Å². The van der Waals surface area contributed by atoms with Crippen LogP contribution in [-0.4, -0.2) is 44.9 Å². The highest BCUT2D eigenvalue weighted by molar-refractivity contribution is 5.93. The Morgan fingerprint density at radius 3 is 2.53 bits per heavy atom. The van der Waals surface area contributed by atoms with Crippen LogP contribution in [0.4, 0.5) is 0 Å². The molecule has 2 amide bonds. The summed E-state index contributed by atoms with van der Waals surface area (Å²) in [5.41, 5.74) is 2.43. The first-order chi connectivity index (χ1) is 14.6. The van der Waals surface area contributed by atoms with E-state index in [4.69, 9.17) is 4.52 Å². The van der Waals surface area contributed by atoms with Gasteiger partial charge in [0.1, 0.15) is 0 Å². The molecule has 2 heterocycles. The summed E-state index contributed by atoms with van der Waals surface area (Å²) >= 11 is 0. The lowest BCUT2D eigenvalue weighted by Gasteiger charge is -2.22. The number of pyridine rings is 1. The van der Waals surface area contributed by atoms with Crippen molar-refractivity contribution in [2.75, 3.05) is 7.05 Å². The van der Waals surface area contributed by atoms with E-state index in [1.807, 2.05) is 29.2 Å². The molecule has 0 unspecified atom stereocenters. The van der Waals surface area contributed by atoms with Crippen LogP contribution >= 0.6 is 0 Å². The van der Waals surface area contributed by atoms with Crippen molar-refractivity contribution in [3.05, 3.63) is 65.8 Å². The summed E-state index contributed by atoms with van der Waals surface area (Å²) in [7, 11) is 1.60. The van der Waals surface area contributed by atoms with Gasteiger partial charge in [-0.15, -0.1) is 0 Å². The summed E-state index contributed by atoms with van der Waals surface area (Å²) in [5.74, 6) is 0.884. The molecule has 0 spiro atoms. The zero-order valence-corrected chi connectivity index (χ0v) is 16.7. The first-order valence-corrected chi connectivity index (χ1v) is 9.97. The minimum Gasteiger partial charge on any atom is -0.355 e. The van der Waals surface area contributed by atoms with Gasteiger partial charge >= 0.3 is 0 Å². The maximum atomic E-state index is 12.9. The summed E-state index contributed by atoms with van der Waals surface area (Å²) < 4.78 is 5.30. The van der Waals surface area contributed by atoms with E-state index in [0.717, 1.165) is 24.0 Å². The molecule has 0 radical (unpaired) electrons. The van der Waals surface area contributed by atoms with E-state index in [0.29, 0.717) is 36.7 Å². The molecule has 1 N–H and O–H groups in total. The molecule has 3 aromatic rings. The number of carbonyl (C=O) groups excluding carboxylic acids is 2. The maximum Gasteiger partial charge on any atom is 0.251 e. The second-order valence-electron chi connectivity index (χ2n) is 7.28. The van der Waals surface area contributed by atoms with Gasteiger partial charge in [-0.1, -0.05) is 17.3 Å². The van der Waals surface area contributed by atoms with Crippen molar-refractivity contribution in [1.29, 1.82) is 0 Å². The largest absolute Gasteiger partial charge is 0.355 e. The number of hydrogen-bond acceptors (Lipinski definition) is 6. The van der Waals surface area contributed by atoms with Crippen molar-refractivity contribution >= 4 is 11.8 Å². The molecule has 0 bridgehead atoms. The van der Waals surface area contributed by atoms with Crippen molar-refractivity contribution in [1.82, 2.24) is 25.3 Å². The quantitative estimate of drug-likeness (QED) is 0.618. The van der Waals surface area contributed by atoms with Gasteiger partial charge in [-0.25, -0.2) is 0 Å². The van der Waals surface area contributed by atoms with Crippen LogP contribution in [0, 0.1) is 0 Å². The van der Waals surface area contributed by atoms with Crippen LogP contribution in [0.3, 0.4) is 0 Å². The summed E-state index contributed by atoms with van der Waals surface area (Å²) in [5, 5.41) is 6.59. The minimum atomic E-state index is -0.123. The van der Waals surface area contributed by atoms with Gasteiger partial charge in [0.05, 0.1) is 0 Å². The first-order valence-electron chi connectivity index (χ1n) is 9.97. The van der Waals surface area contributed by atoms with Gasteiger partial charge in [0.25, 0.3) is 5.91 Å². The van der Waals surface area contributed by atoms with Gasteiger partial charge in [-0.05, 0) is 42.7 Å². The molecule has 154 valence electrons. The molecule has 0 atom stereocenters. The second-order valence-corrected chi connectivity index (χ2v) is 7.28. The van der Waals surface area contributed by atoms with Crippen molar-refractivity contribution in [2.24, 2.45) is 0 Å². The Kier molecular flexibility index (Phi) is 5.83. The Morgan fingerprint density at radius 1 is 1.13 bits per heavy atom. The van der Waals surface area contributed by atoms with Gasteiger partial charge < -0.3 is 14.7 Å². The molecule has 2 aromatic heterocycles. The minimum absolute atomic E-state index is 0.0662. The third-order valence-electron chi connectivity index (χ3n) is 5.06. The molecule has 30 heavy (non-hydrogen) atoms. The Labute approximate surface area is 174 Å². The summed E-state index contributed by atoms with van der Waals surface area (Å²) in [6, 6.07) is 11.3. The number of aryl methyl sites for hydroxylation is 1. The summed E-state index contributed by atoms with van der Waals surface area (Å²) in [4.78, 5) is 34.8. The van der Waals surface area contributed by atoms with E-state index in [-0.39, 0.29) is 17.9 Å². The van der Waals surface area contributed by atoms with Crippen LogP contribution in [0.15, 0.2) is 53.3 Å². The molecule has 0 saturated heterocycles. The maximum absolute atomic E-state index is 12.9. The number of amides is 2. The lowest BCUT2D eigenvalue weighted by atomic mass is 10.1. The topological polar surface area (TPSA) is 101 Å². The van der Waals surface area contributed by atoms with Crippen molar-refractivity contribution in [3.63, 3.8) is 0 Å². The first kappa shape index (κ1) is 19.8. The van der Waals surface area contributed by atoms with Crippen molar-refractivity contribution < 1.29 is 14.1 Å². The predicted octanol–water partition coefficient (Wildman–Crippen LogP) is 2.62. The number of carbonyl (C=O) groups is 2. The zero-order chi connectivity index (χ0) is 20.9. The smallest absolute Gasteiger partial charge is 0.251 e. The standard InChI is InChI=1S/C22H23N5O3/c1-23-22(29)17-4-2-15(3-5-17)14-27(18-6-7-18)20(28)9-8-19-25-21(26-30-19)16-10-12-24-13-11-16/h2-5,10-13,18H,6-9,14H2,1H3,(H,23,29). The van der Waals surface area contributed by atoms with Crippen LogP contribution < -0.4 is 5.32 Å². The van der Waals surface area contributed by atoms with Crippen LogP contribution in [0.5, 0.6) is 0 Å². The Morgan fingerprint density at radius 2 is 1.87 bits per heavy atom. The number of nitrogens with zero attached hydrogens (tertiary/aromatic N) is 4. The lowest BCUT2D eigenvalue weighted by molar-refractivity contribution is -0.132. The number of hydrogen-bond donors (Lipinski definition) is 1. The molecule has 1 aliphatic carbocycles. The average Bonchev–Trinajstić information content (AvgIpc) is 3.52. The van der Waals surface area contributed by atoms with E-state index in [2.05, 4.69) is 20.4 Å². The van der Waals surface area contributed by atoms with Gasteiger partial charge in [0.15, 0.2) is 0 Å². The van der Waals surface area contributed by atoms with E-state index >= 15 is 0 Å². The monoisotopic (exact) mass is 405 g/mol. The van der Waals surface area contributed by atoms with E-state index in [9.17, 15) is 9.59 Å². The molecule has 4 rings (SSSR count). The molecule has 8 nitrogen and oxygen atoms in total. The Balaban J connectivity index is 1.36. The predicted molar refractivity (Wildman–Crippen MR) is 109 cm³/mol. The molecule has 1 saturated carbocycles. The normalized spacial score (nSPS) is 13.1. The van der Waals surface area contributed by atoms with Crippen molar-refractivity contribution in [3.8, 4) is 11.4 Å². The number of nitrogens with one attached hydrogen (secondary N) is 1. The third-order valence-corrected chi connectivity index (χ3v) is 5.06. The number of aromatic nitrogens is 3. The highest BCUT2D eigenvalue weighted by atomic mass is 16.5. The highest BCUT2D eigenvalue weighted by Gasteiger charge is 2.32. The van der Waals surface area contributed by atoms with Crippen LogP contribution in [0.1, 0.15) is 41.1 Å². The van der Waals surface area contributed by atoms with E-state index in [1.54, 1.807) is 31.6 Å². The second kappa shape index (κ2) is 8.86. The summed E-state index contributed by atoms with van der Waals surface area (Å²) in [6.45, 7) is 0.531. The van der Waals surface area contributed by atoms with Crippen LogP contribution in [0.25, 0.3) is 11.4 Å².